The molecule has 0 atom stereocenters. The predicted octanol–water partition coefficient (Wildman–Crippen LogP) is 4.06. The van der Waals surface area contributed by atoms with E-state index in [1.54, 1.807) is 0 Å². The van der Waals surface area contributed by atoms with Crippen LogP contribution in [0.2, 0.25) is 0 Å². The SMILES string of the molecule is Cn1nc(C(F)(F)F)c(C=O)c1Oc1cccc(C(F)(F)F)c1. The Balaban J connectivity index is 2.45. The molecule has 10 heteroatoms. The molecule has 0 saturated heterocycles. The molecular formula is C13H8F6N2O2. The van der Waals surface area contributed by atoms with E-state index < -0.39 is 35.1 Å². The first-order valence-electron chi connectivity index (χ1n) is 5.98. The third-order valence-corrected chi connectivity index (χ3v) is 2.79. The molecule has 0 aliphatic heterocycles. The highest BCUT2D eigenvalue weighted by molar-refractivity contribution is 5.80. The van der Waals surface area contributed by atoms with Crippen LogP contribution in [-0.4, -0.2) is 16.1 Å². The number of alkyl halides is 6. The second-order valence-corrected chi connectivity index (χ2v) is 4.43. The molecule has 0 bridgehead atoms. The van der Waals surface area contributed by atoms with Crippen LogP contribution in [0.25, 0.3) is 0 Å². The summed E-state index contributed by atoms with van der Waals surface area (Å²) in [6.07, 6.45) is -9.65. The molecule has 2 aromatic rings. The van der Waals surface area contributed by atoms with E-state index in [1.807, 2.05) is 0 Å². The van der Waals surface area contributed by atoms with Crippen molar-refractivity contribution >= 4 is 6.29 Å². The topological polar surface area (TPSA) is 44.1 Å². The standard InChI is InChI=1S/C13H8F6N2O2/c1-21-11(9(6-22)10(20-21)13(17,18)19)23-8-4-2-3-7(5-8)12(14,15)16/h2-6H,1H3. The lowest BCUT2D eigenvalue weighted by atomic mass is 10.2. The lowest BCUT2D eigenvalue weighted by Gasteiger charge is -2.10. The van der Waals surface area contributed by atoms with Gasteiger partial charge in [-0.05, 0) is 18.2 Å². The molecule has 1 aromatic carbocycles. The first kappa shape index (κ1) is 16.8. The van der Waals surface area contributed by atoms with Crippen molar-refractivity contribution in [2.45, 2.75) is 12.4 Å². The molecule has 0 aliphatic rings. The first-order valence-corrected chi connectivity index (χ1v) is 5.98. The van der Waals surface area contributed by atoms with E-state index in [-0.39, 0.29) is 12.0 Å². The number of ether oxygens (including phenoxy) is 1. The third-order valence-electron chi connectivity index (χ3n) is 2.79. The number of carbonyl (C=O) groups is 1. The number of benzene rings is 1. The first-order chi connectivity index (χ1) is 10.5. The number of hydrogen-bond acceptors (Lipinski definition) is 3. The number of carbonyl (C=O) groups excluding carboxylic acids is 1. The Kier molecular flexibility index (Phi) is 4.10. The Hall–Kier alpha value is -2.52. The van der Waals surface area contributed by atoms with Crippen LogP contribution in [0.1, 0.15) is 21.6 Å². The van der Waals surface area contributed by atoms with Crippen LogP contribution in [-0.2, 0) is 19.4 Å². The van der Waals surface area contributed by atoms with Crippen LogP contribution in [0.15, 0.2) is 24.3 Å². The second-order valence-electron chi connectivity index (χ2n) is 4.43. The molecule has 0 saturated carbocycles. The molecule has 0 amide bonds. The van der Waals surface area contributed by atoms with Crippen molar-refractivity contribution in [3.63, 3.8) is 0 Å². The molecule has 124 valence electrons. The minimum absolute atomic E-state index is 0.112. The molecule has 0 spiro atoms. The maximum absolute atomic E-state index is 12.7. The Morgan fingerprint density at radius 1 is 1.13 bits per heavy atom. The van der Waals surface area contributed by atoms with Gasteiger partial charge in [0.05, 0.1) is 5.56 Å². The van der Waals surface area contributed by atoms with Gasteiger partial charge in [-0.3, -0.25) is 4.79 Å². The van der Waals surface area contributed by atoms with Gasteiger partial charge in [-0.15, -0.1) is 0 Å². The van der Waals surface area contributed by atoms with Gasteiger partial charge in [0.1, 0.15) is 11.3 Å². The maximum atomic E-state index is 12.7. The summed E-state index contributed by atoms with van der Waals surface area (Å²) in [4.78, 5) is 10.9. The lowest BCUT2D eigenvalue weighted by molar-refractivity contribution is -0.141. The van der Waals surface area contributed by atoms with E-state index >= 15 is 0 Å². The molecule has 0 radical (unpaired) electrons. The highest BCUT2D eigenvalue weighted by atomic mass is 19.4. The van der Waals surface area contributed by atoms with Crippen LogP contribution in [0, 0.1) is 0 Å². The molecule has 1 heterocycles. The maximum Gasteiger partial charge on any atom is 0.436 e. The van der Waals surface area contributed by atoms with Gasteiger partial charge in [-0.2, -0.15) is 31.4 Å². The van der Waals surface area contributed by atoms with Crippen LogP contribution in [0.4, 0.5) is 26.3 Å². The minimum Gasteiger partial charge on any atom is -0.439 e. The number of hydrogen-bond donors (Lipinski definition) is 0. The zero-order valence-electron chi connectivity index (χ0n) is 11.4. The van der Waals surface area contributed by atoms with Gasteiger partial charge in [0, 0.05) is 7.05 Å². The molecule has 0 N–H and O–H groups in total. The van der Waals surface area contributed by atoms with Gasteiger partial charge < -0.3 is 4.74 Å². The monoisotopic (exact) mass is 338 g/mol. The van der Waals surface area contributed by atoms with Crippen LogP contribution in [0.3, 0.4) is 0 Å². The molecular weight excluding hydrogens is 330 g/mol. The van der Waals surface area contributed by atoms with Gasteiger partial charge >= 0.3 is 12.4 Å². The van der Waals surface area contributed by atoms with Crippen molar-refractivity contribution < 1.29 is 35.9 Å². The molecule has 23 heavy (non-hydrogen) atoms. The average Bonchev–Trinajstić information content (AvgIpc) is 2.75. The van der Waals surface area contributed by atoms with Crippen LogP contribution in [0.5, 0.6) is 11.6 Å². The fraction of sp³-hybridized carbons (Fsp3) is 0.231. The Labute approximate surface area is 125 Å². The van der Waals surface area contributed by atoms with Gasteiger partial charge in [0.25, 0.3) is 0 Å². The molecule has 0 fully saturated rings. The van der Waals surface area contributed by atoms with Crippen molar-refractivity contribution in [2.75, 3.05) is 0 Å². The zero-order valence-corrected chi connectivity index (χ0v) is 11.4. The molecule has 1 aromatic heterocycles. The van der Waals surface area contributed by atoms with E-state index in [0.29, 0.717) is 10.7 Å². The van der Waals surface area contributed by atoms with Gasteiger partial charge in [-0.25, -0.2) is 4.68 Å². The van der Waals surface area contributed by atoms with Gasteiger partial charge in [-0.1, -0.05) is 6.07 Å². The molecule has 2 rings (SSSR count). The molecule has 4 nitrogen and oxygen atoms in total. The normalized spacial score (nSPS) is 12.3. The second kappa shape index (κ2) is 5.60. The summed E-state index contributed by atoms with van der Waals surface area (Å²) in [5.74, 6) is -0.980. The highest BCUT2D eigenvalue weighted by Crippen LogP contribution is 2.37. The highest BCUT2D eigenvalue weighted by Gasteiger charge is 2.39. The summed E-state index contributed by atoms with van der Waals surface area (Å²) >= 11 is 0. The summed E-state index contributed by atoms with van der Waals surface area (Å²) in [6.45, 7) is 0. The summed E-state index contributed by atoms with van der Waals surface area (Å²) < 4.78 is 81.7. The Bertz CT molecular complexity index is 733. The average molecular weight is 338 g/mol. The lowest BCUT2D eigenvalue weighted by Crippen LogP contribution is -2.09. The number of rotatable bonds is 3. The van der Waals surface area contributed by atoms with E-state index in [0.717, 1.165) is 25.2 Å². The summed E-state index contributed by atoms with van der Waals surface area (Å²) in [5.41, 5.74) is -3.41. The van der Waals surface area contributed by atoms with Crippen molar-refractivity contribution in [3.8, 4) is 11.6 Å². The van der Waals surface area contributed by atoms with E-state index in [4.69, 9.17) is 4.74 Å². The molecule has 0 unspecified atom stereocenters. The summed E-state index contributed by atoms with van der Waals surface area (Å²) in [5, 5.41) is 3.13. The van der Waals surface area contributed by atoms with E-state index in [2.05, 4.69) is 5.10 Å². The zero-order chi connectivity index (χ0) is 17.4. The van der Waals surface area contributed by atoms with Crippen molar-refractivity contribution in [1.82, 2.24) is 9.78 Å². The van der Waals surface area contributed by atoms with Crippen molar-refractivity contribution in [1.29, 1.82) is 0 Å². The van der Waals surface area contributed by atoms with Gasteiger partial charge in [0.2, 0.25) is 5.88 Å². The van der Waals surface area contributed by atoms with Crippen LogP contribution >= 0.6 is 0 Å². The minimum atomic E-state index is -4.90. The van der Waals surface area contributed by atoms with Crippen LogP contribution < -0.4 is 4.74 Å². The summed E-state index contributed by atoms with van der Waals surface area (Å²) in [6, 6.07) is 3.52. The summed E-state index contributed by atoms with van der Waals surface area (Å²) in [7, 11) is 1.07. The largest absolute Gasteiger partial charge is 0.439 e. The Morgan fingerprint density at radius 3 is 2.30 bits per heavy atom. The fourth-order valence-corrected chi connectivity index (χ4v) is 1.81. The van der Waals surface area contributed by atoms with E-state index in [9.17, 15) is 31.1 Å². The van der Waals surface area contributed by atoms with Crippen molar-refractivity contribution in [2.24, 2.45) is 7.05 Å². The fourth-order valence-electron chi connectivity index (χ4n) is 1.81. The number of aryl methyl sites for hydroxylation is 1. The number of halogens is 6. The number of aldehydes is 1. The van der Waals surface area contributed by atoms with Crippen molar-refractivity contribution in [3.05, 3.63) is 41.1 Å². The Morgan fingerprint density at radius 2 is 1.78 bits per heavy atom. The quantitative estimate of drug-likeness (QED) is 0.626. The number of aromatic nitrogens is 2. The smallest absolute Gasteiger partial charge is 0.436 e. The predicted molar refractivity (Wildman–Crippen MR) is 65.1 cm³/mol. The number of nitrogens with zero attached hydrogens (tertiary/aromatic N) is 2. The molecule has 0 aliphatic carbocycles. The van der Waals surface area contributed by atoms with E-state index in [1.165, 1.54) is 0 Å². The van der Waals surface area contributed by atoms with Gasteiger partial charge in [0.15, 0.2) is 12.0 Å². The third kappa shape index (κ3) is 3.46.